The van der Waals surface area contributed by atoms with E-state index in [1.54, 1.807) is 18.6 Å². The highest BCUT2D eigenvalue weighted by Crippen LogP contribution is 2.37. The van der Waals surface area contributed by atoms with Gasteiger partial charge in [0.1, 0.15) is 0 Å². The van der Waals surface area contributed by atoms with Crippen molar-refractivity contribution >= 4 is 0 Å². The van der Waals surface area contributed by atoms with E-state index in [0.29, 0.717) is 12.5 Å². The average molecular weight is 178 g/mol. The highest BCUT2D eigenvalue weighted by molar-refractivity contribution is 5.07. The Kier molecular flexibility index (Phi) is 2.19. The number of rotatable bonds is 4. The molecule has 13 heavy (non-hydrogen) atoms. The van der Waals surface area contributed by atoms with Crippen molar-refractivity contribution in [3.8, 4) is 0 Å². The van der Waals surface area contributed by atoms with Gasteiger partial charge in [-0.25, -0.2) is 4.98 Å². The Morgan fingerprint density at radius 2 is 2.54 bits per heavy atom. The van der Waals surface area contributed by atoms with Crippen LogP contribution in [0.1, 0.15) is 37.1 Å². The molecule has 1 aromatic rings. The monoisotopic (exact) mass is 178 g/mol. The maximum Gasteiger partial charge on any atom is 0.0990 e. The Labute approximate surface area is 77.7 Å². The summed E-state index contributed by atoms with van der Waals surface area (Å²) in [4.78, 5) is 4.06. The van der Waals surface area contributed by atoms with E-state index in [-0.39, 0.29) is 0 Å². The third-order valence-electron chi connectivity index (χ3n) is 2.37. The van der Waals surface area contributed by atoms with Gasteiger partial charge in [0.2, 0.25) is 0 Å². The first-order valence-corrected chi connectivity index (χ1v) is 4.63. The number of imidazole rings is 1. The average Bonchev–Trinajstić information content (AvgIpc) is 2.84. The van der Waals surface area contributed by atoms with Gasteiger partial charge in [0.15, 0.2) is 0 Å². The molecule has 0 radical (unpaired) electrons. The summed E-state index contributed by atoms with van der Waals surface area (Å²) >= 11 is 0. The van der Waals surface area contributed by atoms with E-state index < -0.39 is 6.10 Å². The van der Waals surface area contributed by atoms with Crippen molar-refractivity contribution in [2.24, 2.45) is 0 Å². The van der Waals surface area contributed by atoms with Gasteiger partial charge in [0, 0.05) is 6.04 Å². The molecule has 1 aromatic heterocycles. The van der Waals surface area contributed by atoms with Gasteiger partial charge in [0.05, 0.1) is 24.3 Å². The smallest absolute Gasteiger partial charge is 0.0990 e. The lowest BCUT2D eigenvalue weighted by Gasteiger charge is -2.10. The fraction of sp³-hybridized carbons (Fsp3) is 0.500. The van der Waals surface area contributed by atoms with Crippen molar-refractivity contribution in [1.82, 2.24) is 9.55 Å². The molecule has 0 amide bonds. The lowest BCUT2D eigenvalue weighted by molar-refractivity contribution is 0.171. The predicted molar refractivity (Wildman–Crippen MR) is 50.3 cm³/mol. The van der Waals surface area contributed by atoms with Gasteiger partial charge in [-0.1, -0.05) is 6.08 Å². The third-order valence-corrected chi connectivity index (χ3v) is 2.37. The van der Waals surface area contributed by atoms with Crippen LogP contribution in [-0.2, 0) is 0 Å². The van der Waals surface area contributed by atoms with Crippen LogP contribution < -0.4 is 0 Å². The van der Waals surface area contributed by atoms with Gasteiger partial charge < -0.3 is 9.67 Å². The zero-order chi connectivity index (χ0) is 9.26. The normalized spacial score (nSPS) is 18.5. The minimum absolute atomic E-state index is 0.444. The third kappa shape index (κ3) is 1.65. The lowest BCUT2D eigenvalue weighted by atomic mass is 10.2. The van der Waals surface area contributed by atoms with Gasteiger partial charge in [-0.3, -0.25) is 0 Å². The van der Waals surface area contributed by atoms with Gasteiger partial charge in [-0.15, -0.1) is 6.58 Å². The molecule has 3 heteroatoms. The summed E-state index contributed by atoms with van der Waals surface area (Å²) in [6.45, 7) is 3.61. The molecule has 1 N–H and O–H groups in total. The van der Waals surface area contributed by atoms with E-state index in [4.69, 9.17) is 0 Å². The van der Waals surface area contributed by atoms with E-state index in [9.17, 15) is 5.11 Å². The maximum absolute atomic E-state index is 9.73. The molecule has 1 unspecified atom stereocenters. The van der Waals surface area contributed by atoms with Crippen LogP contribution in [0.3, 0.4) is 0 Å². The van der Waals surface area contributed by atoms with Gasteiger partial charge in [0.25, 0.3) is 0 Å². The largest absolute Gasteiger partial charge is 0.387 e. The molecule has 3 nitrogen and oxygen atoms in total. The quantitative estimate of drug-likeness (QED) is 0.714. The van der Waals surface area contributed by atoms with Crippen LogP contribution in [0.15, 0.2) is 25.2 Å². The molecule has 0 bridgehead atoms. The van der Waals surface area contributed by atoms with Crippen LogP contribution >= 0.6 is 0 Å². The summed E-state index contributed by atoms with van der Waals surface area (Å²) in [5.41, 5.74) is 0.919. The van der Waals surface area contributed by atoms with Crippen LogP contribution in [0.2, 0.25) is 0 Å². The summed E-state index contributed by atoms with van der Waals surface area (Å²) in [7, 11) is 0. The fourth-order valence-electron chi connectivity index (χ4n) is 1.51. The zero-order valence-corrected chi connectivity index (χ0v) is 7.56. The van der Waals surface area contributed by atoms with Crippen molar-refractivity contribution in [1.29, 1.82) is 0 Å². The van der Waals surface area contributed by atoms with Crippen LogP contribution in [0.5, 0.6) is 0 Å². The van der Waals surface area contributed by atoms with E-state index in [1.807, 2.05) is 0 Å². The molecule has 0 aromatic carbocycles. The summed E-state index contributed by atoms with van der Waals surface area (Å²) < 4.78 is 2.08. The Hall–Kier alpha value is -1.09. The van der Waals surface area contributed by atoms with Crippen molar-refractivity contribution in [3.05, 3.63) is 30.9 Å². The molecule has 2 rings (SSSR count). The molecule has 1 fully saturated rings. The fourth-order valence-corrected chi connectivity index (χ4v) is 1.51. The molecule has 0 spiro atoms. The molecule has 1 saturated carbocycles. The summed E-state index contributed by atoms with van der Waals surface area (Å²) in [6, 6.07) is 0.581. The minimum Gasteiger partial charge on any atom is -0.387 e. The minimum atomic E-state index is -0.444. The summed E-state index contributed by atoms with van der Waals surface area (Å²) in [5, 5.41) is 9.73. The second-order valence-electron chi connectivity index (χ2n) is 3.50. The zero-order valence-electron chi connectivity index (χ0n) is 7.56. The molecule has 0 aliphatic heterocycles. The number of nitrogens with zero attached hydrogens (tertiary/aromatic N) is 2. The Morgan fingerprint density at radius 3 is 3.15 bits per heavy atom. The predicted octanol–water partition coefficient (Wildman–Crippen LogP) is 1.83. The first-order valence-electron chi connectivity index (χ1n) is 4.63. The maximum atomic E-state index is 9.73. The molecule has 1 aliphatic carbocycles. The van der Waals surface area contributed by atoms with Crippen LogP contribution in [0.25, 0.3) is 0 Å². The van der Waals surface area contributed by atoms with E-state index in [2.05, 4.69) is 16.1 Å². The number of aromatic nitrogens is 2. The number of aliphatic hydroxyl groups is 1. The summed E-state index contributed by atoms with van der Waals surface area (Å²) in [6.07, 6.45) is 7.86. The Bertz CT molecular complexity index is 302. The Morgan fingerprint density at radius 1 is 1.77 bits per heavy atom. The molecule has 1 aliphatic rings. The van der Waals surface area contributed by atoms with E-state index in [0.717, 1.165) is 5.69 Å². The number of hydrogen-bond acceptors (Lipinski definition) is 2. The molecule has 1 atom stereocenters. The van der Waals surface area contributed by atoms with Crippen molar-refractivity contribution in [2.75, 3.05) is 0 Å². The standard InChI is InChI=1S/C10H14N2O/c1-2-3-10(13)9-6-11-7-12(9)8-4-5-8/h2,6-8,10,13H,1,3-5H2. The lowest BCUT2D eigenvalue weighted by Crippen LogP contribution is -2.04. The first-order chi connectivity index (χ1) is 6.33. The van der Waals surface area contributed by atoms with Crippen molar-refractivity contribution in [2.45, 2.75) is 31.4 Å². The molecular formula is C10H14N2O. The van der Waals surface area contributed by atoms with Gasteiger partial charge >= 0.3 is 0 Å². The molecule has 1 heterocycles. The number of aliphatic hydroxyl groups excluding tert-OH is 1. The van der Waals surface area contributed by atoms with Gasteiger partial charge in [-0.2, -0.15) is 0 Å². The summed E-state index contributed by atoms with van der Waals surface area (Å²) in [5.74, 6) is 0. The second kappa shape index (κ2) is 3.34. The molecule has 0 saturated heterocycles. The highest BCUT2D eigenvalue weighted by atomic mass is 16.3. The van der Waals surface area contributed by atoms with Crippen LogP contribution in [0.4, 0.5) is 0 Å². The van der Waals surface area contributed by atoms with Crippen molar-refractivity contribution < 1.29 is 5.11 Å². The van der Waals surface area contributed by atoms with Crippen molar-refractivity contribution in [3.63, 3.8) is 0 Å². The van der Waals surface area contributed by atoms with Gasteiger partial charge in [-0.05, 0) is 19.3 Å². The molecule has 70 valence electrons. The van der Waals surface area contributed by atoms with Crippen LogP contribution in [0, 0.1) is 0 Å². The topological polar surface area (TPSA) is 38.1 Å². The van der Waals surface area contributed by atoms with E-state index >= 15 is 0 Å². The van der Waals surface area contributed by atoms with Crippen LogP contribution in [-0.4, -0.2) is 14.7 Å². The van der Waals surface area contributed by atoms with E-state index in [1.165, 1.54) is 12.8 Å². The molecular weight excluding hydrogens is 164 g/mol. The Balaban J connectivity index is 2.17. The number of hydrogen-bond donors (Lipinski definition) is 1. The SMILES string of the molecule is C=CCC(O)c1cncn1C1CC1. The highest BCUT2D eigenvalue weighted by Gasteiger charge is 2.26. The second-order valence-corrected chi connectivity index (χ2v) is 3.50. The first kappa shape index (κ1) is 8.51.